The highest BCUT2D eigenvalue weighted by atomic mass is 79.9. The van der Waals surface area contributed by atoms with Gasteiger partial charge in [0.2, 0.25) is 0 Å². The largest absolute Gasteiger partial charge is 0.319 e. The van der Waals surface area contributed by atoms with Crippen molar-refractivity contribution in [3.63, 3.8) is 0 Å². The van der Waals surface area contributed by atoms with Crippen LogP contribution in [0.15, 0.2) is 53.0 Å². The average molecular weight is 440 g/mol. The summed E-state index contributed by atoms with van der Waals surface area (Å²) in [5, 5.41) is 1.27. The van der Waals surface area contributed by atoms with Gasteiger partial charge in [0.25, 0.3) is 5.91 Å². The maximum atomic E-state index is 12.9. The number of thioether (sulfide) groups is 1. The second-order valence-corrected chi connectivity index (χ2v) is 8.42. The van der Waals surface area contributed by atoms with Gasteiger partial charge >= 0.3 is 0 Å². The first kappa shape index (κ1) is 16.4. The lowest BCUT2D eigenvalue weighted by atomic mass is 10.2. The predicted octanol–water partition coefficient (Wildman–Crippen LogP) is 4.85. The summed E-state index contributed by atoms with van der Waals surface area (Å²) in [6.07, 6.45) is 0. The Hall–Kier alpha value is -1.08. The van der Waals surface area contributed by atoms with Crippen LogP contribution < -0.4 is 4.90 Å². The summed E-state index contributed by atoms with van der Waals surface area (Å²) in [7, 11) is 0. The van der Waals surface area contributed by atoms with Crippen LogP contribution in [0.4, 0.5) is 5.69 Å². The van der Waals surface area contributed by atoms with Crippen molar-refractivity contribution < 1.29 is 4.79 Å². The minimum atomic E-state index is -0.202. The number of carbonyl (C=O) groups excluding carboxylic acids is 1. The molecule has 24 heavy (non-hydrogen) atoms. The molecular formula is C17H12BrClN2OS2. The van der Waals surface area contributed by atoms with E-state index in [9.17, 15) is 4.79 Å². The minimum Gasteiger partial charge on any atom is -0.319 e. The maximum absolute atomic E-state index is 12.9. The summed E-state index contributed by atoms with van der Waals surface area (Å²) in [5.74, 6) is 0.776. The molecule has 2 aromatic carbocycles. The van der Waals surface area contributed by atoms with Gasteiger partial charge in [-0.3, -0.25) is 9.69 Å². The minimum absolute atomic E-state index is 0.0365. The van der Waals surface area contributed by atoms with Crippen molar-refractivity contribution in [3.8, 4) is 0 Å². The molecule has 2 aliphatic heterocycles. The quantitative estimate of drug-likeness (QED) is 0.624. The third-order valence-corrected chi connectivity index (χ3v) is 6.66. The topological polar surface area (TPSA) is 23.6 Å². The van der Waals surface area contributed by atoms with Crippen LogP contribution in [0.1, 0.15) is 10.9 Å². The third kappa shape index (κ3) is 2.65. The fourth-order valence-electron chi connectivity index (χ4n) is 3.00. The van der Waals surface area contributed by atoms with Gasteiger partial charge in [-0.2, -0.15) is 0 Å². The molecule has 4 rings (SSSR count). The van der Waals surface area contributed by atoms with Crippen molar-refractivity contribution in [2.45, 2.75) is 11.4 Å². The maximum Gasteiger partial charge on any atom is 0.257 e. The highest BCUT2D eigenvalue weighted by molar-refractivity contribution is 9.10. The monoisotopic (exact) mass is 438 g/mol. The molecule has 1 amide bonds. The number of hydrogen-bond donors (Lipinski definition) is 0. The Balaban J connectivity index is 1.67. The smallest absolute Gasteiger partial charge is 0.257 e. The molecule has 2 aliphatic rings. The lowest BCUT2D eigenvalue weighted by Crippen LogP contribution is -2.33. The van der Waals surface area contributed by atoms with E-state index < -0.39 is 0 Å². The van der Waals surface area contributed by atoms with Gasteiger partial charge in [-0.05, 0) is 54.2 Å². The average Bonchev–Trinajstić information content (AvgIpc) is 3.11. The molecule has 2 heterocycles. The number of rotatable bonds is 2. The van der Waals surface area contributed by atoms with Crippen molar-refractivity contribution in [1.82, 2.24) is 4.90 Å². The molecule has 0 radical (unpaired) electrons. The van der Waals surface area contributed by atoms with Crippen molar-refractivity contribution in [3.05, 3.63) is 63.6 Å². The van der Waals surface area contributed by atoms with Crippen LogP contribution in [0, 0.1) is 0 Å². The molecule has 0 saturated carbocycles. The van der Waals surface area contributed by atoms with Crippen LogP contribution in [-0.4, -0.2) is 27.7 Å². The Labute approximate surface area is 163 Å². The first-order chi connectivity index (χ1) is 11.6. The Morgan fingerprint density at radius 1 is 1.12 bits per heavy atom. The zero-order chi connectivity index (χ0) is 16.8. The van der Waals surface area contributed by atoms with E-state index >= 15 is 0 Å². The van der Waals surface area contributed by atoms with Gasteiger partial charge in [-0.1, -0.05) is 39.7 Å². The molecule has 0 bridgehead atoms. The Morgan fingerprint density at radius 3 is 2.46 bits per heavy atom. The number of benzene rings is 2. The predicted molar refractivity (Wildman–Crippen MR) is 107 cm³/mol. The lowest BCUT2D eigenvalue weighted by molar-refractivity contribution is -0.119. The molecule has 2 saturated heterocycles. The van der Waals surface area contributed by atoms with Crippen LogP contribution in [0.2, 0.25) is 5.02 Å². The molecule has 7 heteroatoms. The van der Waals surface area contributed by atoms with Crippen LogP contribution >= 0.6 is 51.5 Å². The normalized spacial score (nSPS) is 23.1. The van der Waals surface area contributed by atoms with Crippen LogP contribution in [0.25, 0.3) is 0 Å². The molecule has 0 spiro atoms. The second-order valence-electron chi connectivity index (χ2n) is 5.59. The molecule has 0 N–H and O–H groups in total. The number of thiocarbonyl (C=S) groups is 1. The van der Waals surface area contributed by atoms with Gasteiger partial charge in [-0.15, -0.1) is 11.8 Å². The number of amides is 1. The number of carbonyl (C=O) groups is 1. The van der Waals surface area contributed by atoms with Crippen LogP contribution in [0.3, 0.4) is 0 Å². The second kappa shape index (κ2) is 6.33. The number of anilines is 1. The summed E-state index contributed by atoms with van der Waals surface area (Å²) in [5.41, 5.74) is 1.92. The zero-order valence-electron chi connectivity index (χ0n) is 12.4. The first-order valence-corrected chi connectivity index (χ1v) is 9.98. The van der Waals surface area contributed by atoms with Crippen LogP contribution in [0.5, 0.6) is 0 Å². The standard InChI is InChI=1S/C17H12BrClN2OS2/c18-11-3-1-10(2-4-11)16-21-14(9-24-16)15(22)20(17(21)23)13-7-5-12(19)6-8-13/h1-8,14,16H,9H2/t14-,16+/m1/s1. The lowest BCUT2D eigenvalue weighted by Gasteiger charge is -2.25. The van der Waals surface area contributed by atoms with E-state index in [1.54, 1.807) is 28.8 Å². The molecule has 2 atom stereocenters. The van der Waals surface area contributed by atoms with E-state index in [1.807, 2.05) is 24.3 Å². The van der Waals surface area contributed by atoms with Crippen molar-refractivity contribution in [1.29, 1.82) is 0 Å². The van der Waals surface area contributed by atoms with Gasteiger partial charge in [0.05, 0.1) is 5.69 Å². The molecule has 0 unspecified atom stereocenters. The fraction of sp³-hybridized carbons (Fsp3) is 0.176. The van der Waals surface area contributed by atoms with E-state index in [0.717, 1.165) is 21.5 Å². The van der Waals surface area contributed by atoms with Gasteiger partial charge in [-0.25, -0.2) is 0 Å². The Morgan fingerprint density at radius 2 is 1.79 bits per heavy atom. The van der Waals surface area contributed by atoms with Crippen LogP contribution in [-0.2, 0) is 4.79 Å². The number of halogens is 2. The molecule has 2 fully saturated rings. The molecular weight excluding hydrogens is 428 g/mol. The molecule has 0 aliphatic carbocycles. The SMILES string of the molecule is O=C1[C@H]2CS[C@@H](c3ccc(Br)cc3)N2C(=S)N1c1ccc(Cl)cc1. The number of fused-ring (bicyclic) bond motifs is 1. The van der Waals surface area contributed by atoms with Crippen molar-refractivity contribution >= 4 is 68.2 Å². The van der Waals surface area contributed by atoms with Gasteiger partial charge < -0.3 is 4.90 Å². The third-order valence-electron chi connectivity index (χ3n) is 4.16. The van der Waals surface area contributed by atoms with Gasteiger partial charge in [0, 0.05) is 15.2 Å². The van der Waals surface area contributed by atoms with E-state index in [0.29, 0.717) is 10.1 Å². The zero-order valence-corrected chi connectivity index (χ0v) is 16.3. The highest BCUT2D eigenvalue weighted by Crippen LogP contribution is 2.46. The number of hydrogen-bond acceptors (Lipinski definition) is 3. The molecule has 3 nitrogen and oxygen atoms in total. The van der Waals surface area contributed by atoms with E-state index in [1.165, 1.54) is 0 Å². The Kier molecular flexibility index (Phi) is 4.33. The van der Waals surface area contributed by atoms with Crippen molar-refractivity contribution in [2.24, 2.45) is 0 Å². The van der Waals surface area contributed by atoms with E-state index in [4.69, 9.17) is 23.8 Å². The van der Waals surface area contributed by atoms with Crippen molar-refractivity contribution in [2.75, 3.05) is 10.7 Å². The first-order valence-electron chi connectivity index (χ1n) is 7.35. The molecule has 0 aromatic heterocycles. The summed E-state index contributed by atoms with van der Waals surface area (Å²) in [4.78, 5) is 16.5. The summed E-state index contributed by atoms with van der Waals surface area (Å²) >= 11 is 16.8. The van der Waals surface area contributed by atoms with E-state index in [-0.39, 0.29) is 17.3 Å². The fourth-order valence-corrected chi connectivity index (χ4v) is 5.31. The summed E-state index contributed by atoms with van der Waals surface area (Å²) in [6, 6.07) is 15.2. The number of nitrogens with zero attached hydrogens (tertiary/aromatic N) is 2. The molecule has 122 valence electrons. The van der Waals surface area contributed by atoms with Gasteiger partial charge in [0.1, 0.15) is 11.4 Å². The summed E-state index contributed by atoms with van der Waals surface area (Å²) < 4.78 is 1.04. The Bertz CT molecular complexity index is 812. The summed E-state index contributed by atoms with van der Waals surface area (Å²) in [6.45, 7) is 0. The molecule has 2 aromatic rings. The van der Waals surface area contributed by atoms with E-state index in [2.05, 4.69) is 33.0 Å². The van der Waals surface area contributed by atoms with Gasteiger partial charge in [0.15, 0.2) is 5.11 Å². The highest BCUT2D eigenvalue weighted by Gasteiger charge is 2.50.